The van der Waals surface area contributed by atoms with E-state index < -0.39 is 0 Å². The van der Waals surface area contributed by atoms with E-state index in [4.69, 9.17) is 0 Å². The van der Waals surface area contributed by atoms with E-state index in [2.05, 4.69) is 5.32 Å². The van der Waals surface area contributed by atoms with Gasteiger partial charge in [-0.1, -0.05) is 6.42 Å². The third-order valence-corrected chi connectivity index (χ3v) is 6.68. The van der Waals surface area contributed by atoms with Gasteiger partial charge in [0.25, 0.3) is 0 Å². The van der Waals surface area contributed by atoms with Crippen LogP contribution in [-0.4, -0.2) is 30.1 Å². The van der Waals surface area contributed by atoms with Crippen molar-refractivity contribution in [1.82, 2.24) is 10.2 Å². The van der Waals surface area contributed by atoms with Crippen LogP contribution < -0.4 is 5.32 Å². The van der Waals surface area contributed by atoms with Gasteiger partial charge in [-0.2, -0.15) is 0 Å². The van der Waals surface area contributed by atoms with Crippen molar-refractivity contribution in [3.8, 4) is 0 Å². The van der Waals surface area contributed by atoms with E-state index in [1.54, 1.807) is 0 Å². The molecule has 4 aliphatic carbocycles. The number of urea groups is 1. The lowest BCUT2D eigenvalue weighted by Gasteiger charge is -2.37. The van der Waals surface area contributed by atoms with Crippen LogP contribution in [0.5, 0.6) is 0 Å². The molecule has 3 nitrogen and oxygen atoms in total. The number of hydrogen-bond acceptors (Lipinski definition) is 1. The Morgan fingerprint density at radius 3 is 2.47 bits per heavy atom. The SMILES string of the molecule is CN(C(=O)N[C@@H]1C[C@H]2C[C@H]1[C@@H]1CCC[C@@H]21)C1CCC1. The van der Waals surface area contributed by atoms with Gasteiger partial charge in [0.15, 0.2) is 0 Å². The van der Waals surface area contributed by atoms with E-state index in [1.807, 2.05) is 11.9 Å². The number of carbonyl (C=O) groups is 1. The van der Waals surface area contributed by atoms with Crippen LogP contribution in [0.3, 0.4) is 0 Å². The Kier molecular flexibility index (Phi) is 2.78. The Labute approximate surface area is 116 Å². The number of hydrogen-bond donors (Lipinski definition) is 1. The van der Waals surface area contributed by atoms with Crippen LogP contribution in [0.25, 0.3) is 0 Å². The van der Waals surface area contributed by atoms with Crippen molar-refractivity contribution >= 4 is 6.03 Å². The van der Waals surface area contributed by atoms with E-state index >= 15 is 0 Å². The molecule has 0 aromatic rings. The van der Waals surface area contributed by atoms with Crippen LogP contribution in [-0.2, 0) is 0 Å². The lowest BCUT2D eigenvalue weighted by Crippen LogP contribution is -2.51. The van der Waals surface area contributed by atoms with Gasteiger partial charge < -0.3 is 10.2 Å². The van der Waals surface area contributed by atoms with Crippen molar-refractivity contribution in [3.63, 3.8) is 0 Å². The second-order valence-electron chi connectivity index (χ2n) is 7.41. The van der Waals surface area contributed by atoms with Crippen molar-refractivity contribution in [2.45, 2.75) is 63.5 Å². The summed E-state index contributed by atoms with van der Waals surface area (Å²) in [5.74, 6) is 3.69. The molecule has 5 atom stereocenters. The average molecular weight is 262 g/mol. The maximum atomic E-state index is 12.3. The number of carbonyl (C=O) groups excluding carboxylic acids is 1. The molecule has 0 spiro atoms. The molecule has 4 rings (SSSR count). The molecule has 0 radical (unpaired) electrons. The molecule has 0 heterocycles. The molecule has 2 bridgehead atoms. The molecule has 106 valence electrons. The predicted octanol–water partition coefficient (Wildman–Crippen LogP) is 3.01. The maximum absolute atomic E-state index is 12.3. The minimum atomic E-state index is 0.191. The molecule has 4 aliphatic rings. The molecule has 4 fully saturated rings. The molecule has 1 N–H and O–H groups in total. The normalized spacial score (nSPS) is 43.9. The molecule has 4 saturated carbocycles. The summed E-state index contributed by atoms with van der Waals surface area (Å²) >= 11 is 0. The quantitative estimate of drug-likeness (QED) is 0.815. The molecule has 0 saturated heterocycles. The monoisotopic (exact) mass is 262 g/mol. The van der Waals surface area contributed by atoms with E-state index in [1.165, 1.54) is 51.4 Å². The predicted molar refractivity (Wildman–Crippen MR) is 74.8 cm³/mol. The van der Waals surface area contributed by atoms with Crippen LogP contribution >= 0.6 is 0 Å². The molecular formula is C16H26N2O. The Hall–Kier alpha value is -0.730. The minimum Gasteiger partial charge on any atom is -0.335 e. The first kappa shape index (κ1) is 12.0. The topological polar surface area (TPSA) is 32.3 Å². The second kappa shape index (κ2) is 4.39. The largest absolute Gasteiger partial charge is 0.335 e. The standard InChI is InChI=1S/C16H26N2O/c1-18(11-4-2-5-11)16(19)17-15-9-10-8-14(15)13-7-3-6-12(10)13/h10-15H,2-9H2,1H3,(H,17,19)/t10-,12+,13-,14+,15-/m1/s1. The van der Waals surface area contributed by atoms with Crippen LogP contribution in [0.1, 0.15) is 51.4 Å². The Morgan fingerprint density at radius 2 is 1.74 bits per heavy atom. The zero-order valence-electron chi connectivity index (χ0n) is 12.0. The number of nitrogens with one attached hydrogen (secondary N) is 1. The lowest BCUT2D eigenvalue weighted by molar-refractivity contribution is 0.143. The number of fused-ring (bicyclic) bond motifs is 5. The maximum Gasteiger partial charge on any atom is 0.317 e. The summed E-state index contributed by atoms with van der Waals surface area (Å²) in [6.45, 7) is 0. The first-order valence-electron chi connectivity index (χ1n) is 8.27. The highest BCUT2D eigenvalue weighted by molar-refractivity contribution is 5.74. The molecule has 19 heavy (non-hydrogen) atoms. The Morgan fingerprint density at radius 1 is 1.00 bits per heavy atom. The first-order valence-corrected chi connectivity index (χ1v) is 8.27. The van der Waals surface area contributed by atoms with Crippen molar-refractivity contribution in [2.24, 2.45) is 23.7 Å². The van der Waals surface area contributed by atoms with Crippen LogP contribution in [0.2, 0.25) is 0 Å². The van der Waals surface area contributed by atoms with Crippen molar-refractivity contribution < 1.29 is 4.79 Å². The Bertz CT molecular complexity index is 379. The minimum absolute atomic E-state index is 0.191. The van der Waals surface area contributed by atoms with Crippen LogP contribution in [0.15, 0.2) is 0 Å². The second-order valence-corrected chi connectivity index (χ2v) is 7.41. The molecule has 0 aromatic heterocycles. The Balaban J connectivity index is 1.37. The highest BCUT2D eigenvalue weighted by Gasteiger charge is 2.54. The molecule has 3 heteroatoms. The van der Waals surface area contributed by atoms with E-state index in [0.29, 0.717) is 12.1 Å². The van der Waals surface area contributed by atoms with Gasteiger partial charge in [-0.25, -0.2) is 4.79 Å². The fourth-order valence-corrected chi connectivity index (χ4v) is 5.43. The van der Waals surface area contributed by atoms with Gasteiger partial charge in [0, 0.05) is 19.1 Å². The fraction of sp³-hybridized carbons (Fsp3) is 0.938. The summed E-state index contributed by atoms with van der Waals surface area (Å²) in [5, 5.41) is 3.36. The van der Waals surface area contributed by atoms with Gasteiger partial charge in [0.1, 0.15) is 0 Å². The van der Waals surface area contributed by atoms with Gasteiger partial charge in [0.2, 0.25) is 0 Å². The molecule has 2 amide bonds. The number of rotatable bonds is 2. The summed E-state index contributed by atoms with van der Waals surface area (Å²) in [6, 6.07) is 1.19. The lowest BCUT2D eigenvalue weighted by atomic mass is 9.79. The molecular weight excluding hydrogens is 236 g/mol. The highest BCUT2D eigenvalue weighted by atomic mass is 16.2. The van der Waals surface area contributed by atoms with E-state index in [-0.39, 0.29) is 6.03 Å². The zero-order chi connectivity index (χ0) is 13.0. The van der Waals surface area contributed by atoms with Crippen molar-refractivity contribution in [2.75, 3.05) is 7.05 Å². The molecule has 0 unspecified atom stereocenters. The summed E-state index contributed by atoms with van der Waals surface area (Å²) < 4.78 is 0. The van der Waals surface area contributed by atoms with Gasteiger partial charge in [-0.05, 0) is 68.6 Å². The van der Waals surface area contributed by atoms with Gasteiger partial charge in [-0.15, -0.1) is 0 Å². The summed E-state index contributed by atoms with van der Waals surface area (Å²) in [6.07, 6.45) is 10.7. The van der Waals surface area contributed by atoms with E-state index in [9.17, 15) is 4.79 Å². The number of amides is 2. The van der Waals surface area contributed by atoms with Gasteiger partial charge in [-0.3, -0.25) is 0 Å². The highest BCUT2D eigenvalue weighted by Crippen LogP contribution is 2.58. The fourth-order valence-electron chi connectivity index (χ4n) is 5.43. The van der Waals surface area contributed by atoms with Crippen molar-refractivity contribution in [3.05, 3.63) is 0 Å². The van der Waals surface area contributed by atoms with Crippen LogP contribution in [0.4, 0.5) is 4.79 Å². The molecule has 0 aliphatic heterocycles. The summed E-state index contributed by atoms with van der Waals surface area (Å²) in [5.41, 5.74) is 0. The third-order valence-electron chi connectivity index (χ3n) is 6.68. The number of nitrogens with zero attached hydrogens (tertiary/aromatic N) is 1. The first-order chi connectivity index (χ1) is 9.24. The zero-order valence-corrected chi connectivity index (χ0v) is 12.0. The van der Waals surface area contributed by atoms with E-state index in [0.717, 1.165) is 23.7 Å². The van der Waals surface area contributed by atoms with Gasteiger partial charge in [0.05, 0.1) is 0 Å². The van der Waals surface area contributed by atoms with Gasteiger partial charge >= 0.3 is 6.03 Å². The third kappa shape index (κ3) is 1.80. The summed E-state index contributed by atoms with van der Waals surface area (Å²) in [7, 11) is 1.98. The van der Waals surface area contributed by atoms with Crippen molar-refractivity contribution in [1.29, 1.82) is 0 Å². The van der Waals surface area contributed by atoms with Crippen LogP contribution in [0, 0.1) is 23.7 Å². The average Bonchev–Trinajstić information content (AvgIpc) is 2.97. The molecule has 0 aromatic carbocycles. The summed E-state index contributed by atoms with van der Waals surface area (Å²) in [4.78, 5) is 14.3. The smallest absolute Gasteiger partial charge is 0.317 e.